The smallest absolute Gasteiger partial charge is 0.136 e. The van der Waals surface area contributed by atoms with Crippen LogP contribution in [0.15, 0.2) is 474 Å². The molecule has 0 radical (unpaired) electrons. The maximum absolute atomic E-state index is 6.32. The van der Waals surface area contributed by atoms with Gasteiger partial charge in [-0.3, -0.25) is 0 Å². The van der Waals surface area contributed by atoms with Crippen LogP contribution in [-0.4, -0.2) is 0 Å². The van der Waals surface area contributed by atoms with Gasteiger partial charge in [-0.1, -0.05) is 388 Å². The third-order valence-electron chi connectivity index (χ3n) is 25.6. The molecule has 23 aromatic carbocycles. The summed E-state index contributed by atoms with van der Waals surface area (Å²) in [6.45, 7) is 0. The zero-order chi connectivity index (χ0) is 82.4. The van der Waals surface area contributed by atoms with Crippen LogP contribution in [0.4, 0.5) is 0 Å². The second-order valence-corrected chi connectivity index (χ2v) is 32.6. The Morgan fingerprint density at radius 3 is 0.784 bits per heavy atom. The summed E-state index contributed by atoms with van der Waals surface area (Å²) in [6.07, 6.45) is 0. The van der Waals surface area contributed by atoms with Crippen molar-refractivity contribution in [1.29, 1.82) is 0 Å². The molecule has 3 aromatic heterocycles. The van der Waals surface area contributed by atoms with Crippen LogP contribution in [0.1, 0.15) is 0 Å². The Bertz CT molecular complexity index is 8630. The standard InChI is InChI=1S/2C42H26O.C38H24O/c1-2-15-31-27(11-1)12-10-21-32(31)28-13-9-14-29(25-28)41-35-17-3-5-19-37(35)42(38-20-6-4-18-36(38)41)30-23-24-34-33-16-7-8-22-39(33)43-40(34)26-30;1-2-11-28-24-30(21-20-27(28)10-1)29-12-9-13-31(25-29)41-35-15-3-5-17-37(35)42(38-18-6-4-16-36(38)41)32-22-23-34-33-14-7-8-19-39(33)43-40(34)26-32;1-2-12-25(13-3-1)27-14-4-5-16-30(27)38-33-19-8-6-17-31(33)37(32-18-7-9-20-34(32)38)26-22-23-29-28-15-10-11-21-35(28)39-36(29)24-26/h2*1-26H;1-24H. The summed E-state index contributed by atoms with van der Waals surface area (Å²) in [5.74, 6) is 0. The number of benzene rings is 23. The Morgan fingerprint density at radius 1 is 0.104 bits per heavy atom. The fourth-order valence-corrected chi connectivity index (χ4v) is 20.0. The van der Waals surface area contributed by atoms with Crippen molar-refractivity contribution in [2.75, 3.05) is 0 Å². The highest BCUT2D eigenvalue weighted by Gasteiger charge is 2.24. The first kappa shape index (κ1) is 72.5. The van der Waals surface area contributed by atoms with E-state index >= 15 is 0 Å². The fraction of sp³-hybridized carbons (Fsp3) is 0. The predicted octanol–water partition coefficient (Wildman–Crippen LogP) is 35.0. The molecule has 0 spiro atoms. The van der Waals surface area contributed by atoms with Crippen molar-refractivity contribution in [2.24, 2.45) is 0 Å². The van der Waals surface area contributed by atoms with E-state index in [9.17, 15) is 0 Å². The molecule has 0 N–H and O–H groups in total. The third kappa shape index (κ3) is 12.5. The number of hydrogen-bond acceptors (Lipinski definition) is 3. The summed E-state index contributed by atoms with van der Waals surface area (Å²) in [7, 11) is 0. The van der Waals surface area contributed by atoms with Gasteiger partial charge in [0.25, 0.3) is 0 Å². The highest BCUT2D eigenvalue weighted by atomic mass is 16.3. The van der Waals surface area contributed by atoms with Crippen molar-refractivity contribution >= 4 is 152 Å². The molecule has 0 unspecified atom stereocenters. The number of para-hydroxylation sites is 3. The summed E-state index contributed by atoms with van der Waals surface area (Å²) in [4.78, 5) is 0. The lowest BCUT2D eigenvalue weighted by atomic mass is 9.84. The van der Waals surface area contributed by atoms with Crippen LogP contribution in [0.25, 0.3) is 252 Å². The summed E-state index contributed by atoms with van der Waals surface area (Å²) in [5.41, 5.74) is 27.6. The van der Waals surface area contributed by atoms with Crippen molar-refractivity contribution in [1.82, 2.24) is 0 Å². The van der Waals surface area contributed by atoms with Crippen molar-refractivity contribution in [3.05, 3.63) is 461 Å². The van der Waals surface area contributed by atoms with Gasteiger partial charge in [0, 0.05) is 32.3 Å². The molecular weight excluding hydrogens is 1510 g/mol. The molecule has 0 amide bonds. The van der Waals surface area contributed by atoms with Gasteiger partial charge in [-0.15, -0.1) is 0 Å². The van der Waals surface area contributed by atoms with E-state index in [1.165, 1.54) is 170 Å². The van der Waals surface area contributed by atoms with Gasteiger partial charge in [0.1, 0.15) is 33.5 Å². The molecule has 0 fully saturated rings. The molecule has 0 aliphatic carbocycles. The molecule has 0 saturated carbocycles. The van der Waals surface area contributed by atoms with Gasteiger partial charge in [-0.2, -0.15) is 0 Å². The molecule has 0 aliphatic heterocycles. The van der Waals surface area contributed by atoms with Gasteiger partial charge in [-0.05, 0) is 259 Å². The molecule has 125 heavy (non-hydrogen) atoms. The molecule has 3 nitrogen and oxygen atoms in total. The van der Waals surface area contributed by atoms with Gasteiger partial charge in [0.05, 0.1) is 0 Å². The van der Waals surface area contributed by atoms with E-state index in [1.54, 1.807) is 0 Å². The zero-order valence-corrected chi connectivity index (χ0v) is 68.1. The maximum Gasteiger partial charge on any atom is 0.136 e. The Morgan fingerprint density at radius 2 is 0.360 bits per heavy atom. The van der Waals surface area contributed by atoms with Crippen LogP contribution >= 0.6 is 0 Å². The fourth-order valence-electron chi connectivity index (χ4n) is 20.0. The third-order valence-corrected chi connectivity index (χ3v) is 25.6. The Hall–Kier alpha value is -16.5. The first-order chi connectivity index (χ1) is 62.0. The van der Waals surface area contributed by atoms with Crippen molar-refractivity contribution in [3.8, 4) is 100 Å². The zero-order valence-electron chi connectivity index (χ0n) is 68.1. The minimum absolute atomic E-state index is 0.915. The number of fused-ring (bicyclic) bond motifs is 17. The average Bonchev–Trinajstić information content (AvgIpc) is 1.45. The van der Waals surface area contributed by atoms with Crippen LogP contribution in [0.2, 0.25) is 0 Å². The highest BCUT2D eigenvalue weighted by molar-refractivity contribution is 6.26. The Balaban J connectivity index is 0.000000105. The topological polar surface area (TPSA) is 39.4 Å². The molecular formula is C122H76O3. The van der Waals surface area contributed by atoms with E-state index in [2.05, 4.69) is 425 Å². The highest BCUT2D eigenvalue weighted by Crippen LogP contribution is 2.51. The second kappa shape index (κ2) is 30.4. The Kier molecular flexibility index (Phi) is 17.6. The largest absolute Gasteiger partial charge is 0.456 e. The van der Waals surface area contributed by atoms with E-state index in [-0.39, 0.29) is 0 Å². The molecule has 26 aromatic rings. The van der Waals surface area contributed by atoms with E-state index in [1.807, 2.05) is 36.4 Å². The van der Waals surface area contributed by atoms with Crippen LogP contribution < -0.4 is 0 Å². The lowest BCUT2D eigenvalue weighted by Gasteiger charge is -2.19. The van der Waals surface area contributed by atoms with Crippen LogP contribution in [-0.2, 0) is 0 Å². The summed E-state index contributed by atoms with van der Waals surface area (Å²) < 4.78 is 18.9. The lowest BCUT2D eigenvalue weighted by Crippen LogP contribution is -1.92. The molecule has 3 heterocycles. The first-order valence-electron chi connectivity index (χ1n) is 42.9. The number of hydrogen-bond donors (Lipinski definition) is 0. The van der Waals surface area contributed by atoms with Crippen molar-refractivity contribution in [3.63, 3.8) is 0 Å². The summed E-state index contributed by atoms with van der Waals surface area (Å²) in [6, 6.07) is 166. The molecule has 26 rings (SSSR count). The second-order valence-electron chi connectivity index (χ2n) is 32.6. The van der Waals surface area contributed by atoms with Gasteiger partial charge in [0.15, 0.2) is 0 Å². The Labute approximate surface area is 721 Å². The molecule has 0 aliphatic rings. The minimum Gasteiger partial charge on any atom is -0.456 e. The monoisotopic (exact) mass is 1590 g/mol. The van der Waals surface area contributed by atoms with Gasteiger partial charge in [-0.25, -0.2) is 0 Å². The van der Waals surface area contributed by atoms with Gasteiger partial charge in [0.2, 0.25) is 0 Å². The minimum atomic E-state index is 0.915. The maximum atomic E-state index is 6.32. The molecule has 0 bridgehead atoms. The van der Waals surface area contributed by atoms with E-state index in [0.29, 0.717) is 0 Å². The SMILES string of the molecule is c1cc(-c2ccc3ccccc3c2)cc(-c2c3ccccc3c(-c3ccc4c(c3)oc3ccccc34)c3ccccc23)c1.c1cc(-c2cccc3ccccc23)cc(-c2c3ccccc3c(-c3ccc4c(c3)oc3ccccc34)c3ccccc23)c1.c1ccc(-c2ccccc2-c2c3ccccc3c(-c3ccc4c(c3)oc3ccccc34)c3ccccc23)cc1. The molecule has 582 valence electrons. The van der Waals surface area contributed by atoms with Crippen LogP contribution in [0.3, 0.4) is 0 Å². The quantitative estimate of drug-likeness (QED) is 0.135. The van der Waals surface area contributed by atoms with Gasteiger partial charge < -0.3 is 13.3 Å². The average molecular weight is 1590 g/mol. The number of rotatable bonds is 9. The van der Waals surface area contributed by atoms with Crippen LogP contribution in [0, 0.1) is 0 Å². The normalized spacial score (nSPS) is 11.7. The molecule has 3 heteroatoms. The first-order valence-corrected chi connectivity index (χ1v) is 42.9. The summed E-state index contributed by atoms with van der Waals surface area (Å²) in [5, 5.41) is 26.9. The van der Waals surface area contributed by atoms with E-state index in [0.717, 1.165) is 82.5 Å². The number of furan rings is 3. The van der Waals surface area contributed by atoms with Crippen LogP contribution in [0.5, 0.6) is 0 Å². The summed E-state index contributed by atoms with van der Waals surface area (Å²) >= 11 is 0. The van der Waals surface area contributed by atoms with Crippen molar-refractivity contribution < 1.29 is 13.3 Å². The lowest BCUT2D eigenvalue weighted by molar-refractivity contribution is 0.668. The van der Waals surface area contributed by atoms with Gasteiger partial charge >= 0.3 is 0 Å². The van der Waals surface area contributed by atoms with Crippen molar-refractivity contribution in [2.45, 2.75) is 0 Å². The van der Waals surface area contributed by atoms with E-state index < -0.39 is 0 Å². The van der Waals surface area contributed by atoms with E-state index in [4.69, 9.17) is 13.3 Å². The predicted molar refractivity (Wildman–Crippen MR) is 530 cm³/mol. The molecule has 0 atom stereocenters. The molecule has 0 saturated heterocycles.